The summed E-state index contributed by atoms with van der Waals surface area (Å²) < 4.78 is 28.0. The number of allylic oxidation sites excluding steroid dienone is 1. The van der Waals surface area contributed by atoms with Gasteiger partial charge in [0.25, 0.3) is 5.91 Å². The highest BCUT2D eigenvalue weighted by Crippen LogP contribution is 2.26. The summed E-state index contributed by atoms with van der Waals surface area (Å²) in [7, 11) is -1.98. The number of hydrogen-bond donors (Lipinski definition) is 1. The SMILES string of the molecule is CC1=C(C(=O)N(C)C(C)c2ccc(S(N)(=O)=O)cc2)CCCO1. The number of amides is 1. The second kappa shape index (κ2) is 6.72. The van der Waals surface area contributed by atoms with E-state index in [1.807, 2.05) is 13.8 Å². The third-order valence-electron chi connectivity index (χ3n) is 4.17. The van der Waals surface area contributed by atoms with Gasteiger partial charge in [-0.2, -0.15) is 0 Å². The Kier molecular flexibility index (Phi) is 5.11. The van der Waals surface area contributed by atoms with Crippen molar-refractivity contribution in [3.05, 3.63) is 41.2 Å². The normalized spacial score (nSPS) is 16.7. The maximum atomic E-state index is 12.6. The van der Waals surface area contributed by atoms with Crippen LogP contribution in [0, 0.1) is 0 Å². The van der Waals surface area contributed by atoms with Crippen LogP contribution in [0.2, 0.25) is 0 Å². The van der Waals surface area contributed by atoms with Crippen LogP contribution in [0.15, 0.2) is 40.5 Å². The molecule has 7 heteroatoms. The molecule has 2 rings (SSSR count). The summed E-state index contributed by atoms with van der Waals surface area (Å²) in [5.41, 5.74) is 1.54. The topological polar surface area (TPSA) is 89.7 Å². The fourth-order valence-corrected chi connectivity index (χ4v) is 3.06. The highest BCUT2D eigenvalue weighted by atomic mass is 32.2. The minimum Gasteiger partial charge on any atom is -0.498 e. The number of likely N-dealkylation sites (N-methyl/N-ethyl adjacent to an activating group) is 1. The molecule has 0 saturated carbocycles. The summed E-state index contributed by atoms with van der Waals surface area (Å²) in [4.78, 5) is 14.3. The highest BCUT2D eigenvalue weighted by molar-refractivity contribution is 7.89. The first-order valence-corrected chi connectivity index (χ1v) is 8.99. The van der Waals surface area contributed by atoms with Gasteiger partial charge >= 0.3 is 0 Å². The van der Waals surface area contributed by atoms with Crippen molar-refractivity contribution in [3.63, 3.8) is 0 Å². The average molecular weight is 338 g/mol. The number of benzene rings is 1. The molecule has 1 amide bonds. The lowest BCUT2D eigenvalue weighted by Gasteiger charge is -2.28. The molecule has 126 valence electrons. The molecule has 0 saturated heterocycles. The van der Waals surface area contributed by atoms with E-state index in [-0.39, 0.29) is 16.8 Å². The quantitative estimate of drug-likeness (QED) is 0.908. The first-order chi connectivity index (χ1) is 10.7. The van der Waals surface area contributed by atoms with Crippen LogP contribution in [0.3, 0.4) is 0 Å². The fraction of sp³-hybridized carbons (Fsp3) is 0.438. The Morgan fingerprint density at radius 1 is 1.30 bits per heavy atom. The summed E-state index contributed by atoms with van der Waals surface area (Å²) in [5, 5.41) is 5.09. The van der Waals surface area contributed by atoms with Gasteiger partial charge in [-0.05, 0) is 44.4 Å². The fourth-order valence-electron chi connectivity index (χ4n) is 2.54. The van der Waals surface area contributed by atoms with Crippen LogP contribution in [0.1, 0.15) is 38.3 Å². The van der Waals surface area contributed by atoms with Gasteiger partial charge in [0.15, 0.2) is 0 Å². The van der Waals surface area contributed by atoms with Crippen molar-refractivity contribution in [1.29, 1.82) is 0 Å². The van der Waals surface area contributed by atoms with Crippen molar-refractivity contribution < 1.29 is 17.9 Å². The van der Waals surface area contributed by atoms with Gasteiger partial charge in [0.05, 0.1) is 23.1 Å². The molecule has 1 atom stereocenters. The second-order valence-corrected chi connectivity index (χ2v) is 7.25. The lowest BCUT2D eigenvalue weighted by atomic mass is 10.0. The van der Waals surface area contributed by atoms with Crippen molar-refractivity contribution in [3.8, 4) is 0 Å². The smallest absolute Gasteiger partial charge is 0.253 e. The molecular weight excluding hydrogens is 316 g/mol. The van der Waals surface area contributed by atoms with Gasteiger partial charge in [0.1, 0.15) is 5.76 Å². The average Bonchev–Trinajstić information content (AvgIpc) is 2.52. The lowest BCUT2D eigenvalue weighted by Crippen LogP contribution is -2.32. The first-order valence-electron chi connectivity index (χ1n) is 7.44. The Morgan fingerprint density at radius 2 is 1.91 bits per heavy atom. The van der Waals surface area contributed by atoms with E-state index in [1.165, 1.54) is 12.1 Å². The molecule has 1 unspecified atom stereocenters. The van der Waals surface area contributed by atoms with Gasteiger partial charge in [0.2, 0.25) is 10.0 Å². The molecule has 0 aromatic heterocycles. The van der Waals surface area contributed by atoms with Gasteiger partial charge in [-0.25, -0.2) is 13.6 Å². The summed E-state index contributed by atoms with van der Waals surface area (Å²) in [6.45, 7) is 4.35. The van der Waals surface area contributed by atoms with Crippen LogP contribution < -0.4 is 5.14 Å². The van der Waals surface area contributed by atoms with E-state index in [9.17, 15) is 13.2 Å². The highest BCUT2D eigenvalue weighted by Gasteiger charge is 2.25. The minimum atomic E-state index is -3.71. The molecule has 0 radical (unpaired) electrons. The number of nitrogens with two attached hydrogens (primary N) is 1. The number of ether oxygens (including phenoxy) is 1. The van der Waals surface area contributed by atoms with Gasteiger partial charge in [-0.3, -0.25) is 4.79 Å². The van der Waals surface area contributed by atoms with Crippen LogP contribution in [0.4, 0.5) is 0 Å². The van der Waals surface area contributed by atoms with Crippen LogP contribution in [0.25, 0.3) is 0 Å². The number of sulfonamides is 1. The molecule has 1 aliphatic heterocycles. The van der Waals surface area contributed by atoms with Crippen molar-refractivity contribution in [2.75, 3.05) is 13.7 Å². The number of primary sulfonamides is 1. The predicted molar refractivity (Wildman–Crippen MR) is 86.9 cm³/mol. The van der Waals surface area contributed by atoms with Crippen molar-refractivity contribution in [2.45, 2.75) is 37.6 Å². The molecule has 23 heavy (non-hydrogen) atoms. The van der Waals surface area contributed by atoms with E-state index in [1.54, 1.807) is 24.1 Å². The number of hydrogen-bond acceptors (Lipinski definition) is 4. The molecular formula is C16H22N2O4S. The number of carbonyl (C=O) groups excluding carboxylic acids is 1. The molecule has 0 fully saturated rings. The van der Waals surface area contributed by atoms with Crippen LogP contribution in [-0.4, -0.2) is 32.9 Å². The zero-order valence-corrected chi connectivity index (χ0v) is 14.4. The molecule has 0 spiro atoms. The van der Waals surface area contributed by atoms with E-state index < -0.39 is 10.0 Å². The Hall–Kier alpha value is -1.86. The van der Waals surface area contributed by atoms with Gasteiger partial charge in [-0.1, -0.05) is 12.1 Å². The largest absolute Gasteiger partial charge is 0.498 e. The van der Waals surface area contributed by atoms with Crippen LogP contribution in [0.5, 0.6) is 0 Å². The van der Waals surface area contributed by atoms with Crippen LogP contribution in [-0.2, 0) is 19.6 Å². The van der Waals surface area contributed by atoms with Gasteiger partial charge in [0, 0.05) is 7.05 Å². The first kappa shape index (κ1) is 17.5. The molecule has 1 aliphatic rings. The zero-order chi connectivity index (χ0) is 17.2. The predicted octanol–water partition coefficient (Wildman–Crippen LogP) is 1.94. The Bertz CT molecular complexity index is 723. The number of carbonyl (C=O) groups is 1. The van der Waals surface area contributed by atoms with Gasteiger partial charge in [-0.15, -0.1) is 0 Å². The number of nitrogens with zero attached hydrogens (tertiary/aromatic N) is 1. The molecule has 0 aliphatic carbocycles. The molecule has 1 aromatic rings. The van der Waals surface area contributed by atoms with E-state index in [4.69, 9.17) is 9.88 Å². The third-order valence-corrected chi connectivity index (χ3v) is 5.09. The van der Waals surface area contributed by atoms with E-state index >= 15 is 0 Å². The minimum absolute atomic E-state index is 0.0571. The molecule has 2 N–H and O–H groups in total. The van der Waals surface area contributed by atoms with Crippen molar-refractivity contribution in [2.24, 2.45) is 5.14 Å². The second-order valence-electron chi connectivity index (χ2n) is 5.69. The molecule has 1 heterocycles. The Morgan fingerprint density at radius 3 is 2.43 bits per heavy atom. The van der Waals surface area contributed by atoms with Crippen molar-refractivity contribution in [1.82, 2.24) is 4.90 Å². The van der Waals surface area contributed by atoms with E-state index in [2.05, 4.69) is 0 Å². The maximum absolute atomic E-state index is 12.6. The Labute approximate surface area is 137 Å². The Balaban J connectivity index is 2.19. The summed E-state index contributed by atoms with van der Waals surface area (Å²) in [5.74, 6) is 0.620. The standard InChI is InChI=1S/C16H22N2O4S/c1-11(13-6-8-14(9-7-13)23(17,20)21)18(3)16(19)15-5-4-10-22-12(15)2/h6-9,11H,4-5,10H2,1-3H3,(H2,17,20,21). The van der Waals surface area contributed by atoms with E-state index in [0.717, 1.165) is 12.0 Å². The number of rotatable bonds is 4. The zero-order valence-electron chi connectivity index (χ0n) is 13.6. The molecule has 0 bridgehead atoms. The lowest BCUT2D eigenvalue weighted by molar-refractivity contribution is -0.128. The van der Waals surface area contributed by atoms with Crippen LogP contribution >= 0.6 is 0 Å². The maximum Gasteiger partial charge on any atom is 0.253 e. The summed E-state index contributed by atoms with van der Waals surface area (Å²) in [6.07, 6.45) is 1.55. The van der Waals surface area contributed by atoms with Gasteiger partial charge < -0.3 is 9.64 Å². The molecule has 1 aromatic carbocycles. The monoisotopic (exact) mass is 338 g/mol. The molecule has 6 nitrogen and oxygen atoms in total. The van der Waals surface area contributed by atoms with E-state index in [0.29, 0.717) is 24.4 Å². The summed E-state index contributed by atoms with van der Waals surface area (Å²) >= 11 is 0. The third kappa shape index (κ3) is 3.92. The van der Waals surface area contributed by atoms with Crippen molar-refractivity contribution >= 4 is 15.9 Å². The summed E-state index contributed by atoms with van der Waals surface area (Å²) in [6, 6.07) is 6.06.